The summed E-state index contributed by atoms with van der Waals surface area (Å²) in [6.45, 7) is 2.32. The molecule has 0 radical (unpaired) electrons. The molecule has 136 valence electrons. The third-order valence-electron chi connectivity index (χ3n) is 3.90. The number of likely N-dealkylation sites (tertiary alicyclic amines) is 1. The summed E-state index contributed by atoms with van der Waals surface area (Å²) in [6, 6.07) is 3.98. The zero-order valence-corrected chi connectivity index (χ0v) is 14.6. The monoisotopic (exact) mass is 369 g/mol. The van der Waals surface area contributed by atoms with E-state index in [-0.39, 0.29) is 34.8 Å². The van der Waals surface area contributed by atoms with Gasteiger partial charge in [-0.1, -0.05) is 11.6 Å². The smallest absolute Gasteiger partial charge is 0.342 e. The van der Waals surface area contributed by atoms with Crippen molar-refractivity contribution in [1.29, 1.82) is 0 Å². The zero-order valence-electron chi connectivity index (χ0n) is 13.9. The Hall–Kier alpha value is -2.28. The minimum Gasteiger partial charge on any atom is -0.507 e. The Labute approximate surface area is 150 Å². The predicted molar refractivity (Wildman–Crippen MR) is 89.3 cm³/mol. The number of rotatable bonds is 5. The van der Waals surface area contributed by atoms with E-state index in [4.69, 9.17) is 21.1 Å². The lowest BCUT2D eigenvalue weighted by atomic mass is 9.98. The normalized spacial score (nSPS) is 17.0. The van der Waals surface area contributed by atoms with Crippen molar-refractivity contribution in [3.8, 4) is 5.75 Å². The van der Waals surface area contributed by atoms with E-state index in [0.717, 1.165) is 0 Å². The third kappa shape index (κ3) is 5.09. The molecule has 1 N–H and O–H groups in total. The van der Waals surface area contributed by atoms with Gasteiger partial charge in [-0.2, -0.15) is 0 Å². The molecule has 1 atom stereocenters. The van der Waals surface area contributed by atoms with Crippen molar-refractivity contribution < 1.29 is 29.0 Å². The minimum atomic E-state index is -0.818. The fraction of sp³-hybridized carbons (Fsp3) is 0.471. The van der Waals surface area contributed by atoms with Gasteiger partial charge in [0.1, 0.15) is 11.3 Å². The van der Waals surface area contributed by atoms with Gasteiger partial charge < -0.3 is 19.5 Å². The molecule has 0 aliphatic carbocycles. The average Bonchev–Trinajstić information content (AvgIpc) is 2.59. The molecule has 1 aliphatic rings. The highest BCUT2D eigenvalue weighted by Gasteiger charge is 2.29. The Morgan fingerprint density at radius 3 is 2.76 bits per heavy atom. The maximum absolute atomic E-state index is 12.2. The molecule has 0 unspecified atom stereocenters. The van der Waals surface area contributed by atoms with Crippen LogP contribution >= 0.6 is 11.6 Å². The number of nitrogens with zero attached hydrogens (tertiary/aromatic N) is 1. The first-order chi connectivity index (χ1) is 11.9. The second-order valence-electron chi connectivity index (χ2n) is 5.67. The van der Waals surface area contributed by atoms with Gasteiger partial charge in [-0.3, -0.25) is 9.59 Å². The van der Waals surface area contributed by atoms with Crippen LogP contribution in [0.2, 0.25) is 5.02 Å². The average molecular weight is 370 g/mol. The fourth-order valence-corrected chi connectivity index (χ4v) is 2.80. The van der Waals surface area contributed by atoms with Crippen molar-refractivity contribution in [3.05, 3.63) is 28.8 Å². The molecule has 0 aromatic heterocycles. The number of amides is 1. The van der Waals surface area contributed by atoms with Crippen molar-refractivity contribution in [2.45, 2.75) is 19.8 Å². The predicted octanol–water partition coefficient (Wildman–Crippen LogP) is 2.00. The number of carbonyl (C=O) groups excluding carboxylic acids is 3. The fourth-order valence-electron chi connectivity index (χ4n) is 2.63. The Morgan fingerprint density at radius 1 is 1.32 bits per heavy atom. The number of halogens is 1. The van der Waals surface area contributed by atoms with Crippen molar-refractivity contribution in [2.24, 2.45) is 5.92 Å². The number of aromatic hydroxyl groups is 1. The second-order valence-corrected chi connectivity index (χ2v) is 6.10. The van der Waals surface area contributed by atoms with Gasteiger partial charge in [0, 0.05) is 18.1 Å². The van der Waals surface area contributed by atoms with E-state index in [1.165, 1.54) is 23.1 Å². The number of benzene rings is 1. The van der Waals surface area contributed by atoms with Crippen LogP contribution in [-0.4, -0.2) is 54.2 Å². The van der Waals surface area contributed by atoms with Crippen LogP contribution in [0.25, 0.3) is 0 Å². The largest absolute Gasteiger partial charge is 0.507 e. The van der Waals surface area contributed by atoms with Gasteiger partial charge in [0.25, 0.3) is 5.91 Å². The first kappa shape index (κ1) is 19.1. The molecule has 1 saturated heterocycles. The van der Waals surface area contributed by atoms with E-state index in [9.17, 15) is 19.5 Å². The summed E-state index contributed by atoms with van der Waals surface area (Å²) >= 11 is 5.70. The van der Waals surface area contributed by atoms with Crippen LogP contribution in [0.4, 0.5) is 0 Å². The lowest BCUT2D eigenvalue weighted by Gasteiger charge is -2.31. The molecule has 7 nitrogen and oxygen atoms in total. The van der Waals surface area contributed by atoms with Gasteiger partial charge in [-0.05, 0) is 38.0 Å². The van der Waals surface area contributed by atoms with Crippen molar-refractivity contribution in [2.75, 3.05) is 26.3 Å². The maximum Gasteiger partial charge on any atom is 0.342 e. The summed E-state index contributed by atoms with van der Waals surface area (Å²) in [7, 11) is 0. The number of phenols is 1. The molecule has 0 bridgehead atoms. The number of hydrogen-bond acceptors (Lipinski definition) is 6. The Balaban J connectivity index is 1.89. The van der Waals surface area contributed by atoms with Gasteiger partial charge in [0.15, 0.2) is 6.61 Å². The van der Waals surface area contributed by atoms with Crippen LogP contribution in [0.5, 0.6) is 5.75 Å². The lowest BCUT2D eigenvalue weighted by Crippen LogP contribution is -2.44. The maximum atomic E-state index is 12.2. The SMILES string of the molecule is CCOC(=O)[C@H]1CCCN(C(=O)COC(=O)c2ccc(Cl)cc2O)C1. The highest BCUT2D eigenvalue weighted by molar-refractivity contribution is 6.30. The summed E-state index contributed by atoms with van der Waals surface area (Å²) in [5.74, 6) is -2.20. The number of piperidine rings is 1. The summed E-state index contributed by atoms with van der Waals surface area (Å²) in [5, 5.41) is 9.97. The summed E-state index contributed by atoms with van der Waals surface area (Å²) in [5.41, 5.74) is -0.0692. The lowest BCUT2D eigenvalue weighted by molar-refractivity contribution is -0.151. The Bertz CT molecular complexity index is 663. The molecule has 1 amide bonds. The summed E-state index contributed by atoms with van der Waals surface area (Å²) in [6.07, 6.45) is 1.35. The van der Waals surface area contributed by atoms with Crippen molar-refractivity contribution >= 4 is 29.4 Å². The second kappa shape index (κ2) is 8.71. The van der Waals surface area contributed by atoms with Crippen LogP contribution in [0, 0.1) is 5.92 Å². The molecular formula is C17H20ClNO6. The first-order valence-corrected chi connectivity index (χ1v) is 8.40. The molecular weight excluding hydrogens is 350 g/mol. The molecule has 1 aromatic carbocycles. The van der Waals surface area contributed by atoms with Crippen LogP contribution in [0.1, 0.15) is 30.1 Å². The zero-order chi connectivity index (χ0) is 18.4. The van der Waals surface area contributed by atoms with E-state index in [1.54, 1.807) is 6.92 Å². The van der Waals surface area contributed by atoms with Gasteiger partial charge >= 0.3 is 11.9 Å². The van der Waals surface area contributed by atoms with E-state index in [0.29, 0.717) is 26.0 Å². The standard InChI is InChI=1S/C17H20ClNO6/c1-2-24-16(22)11-4-3-7-19(9-11)15(21)10-25-17(23)13-6-5-12(18)8-14(13)20/h5-6,8,11,20H,2-4,7,9-10H2,1H3/t11-/m0/s1. The molecule has 1 aliphatic heterocycles. The molecule has 25 heavy (non-hydrogen) atoms. The van der Waals surface area contributed by atoms with Gasteiger partial charge in [-0.15, -0.1) is 0 Å². The van der Waals surface area contributed by atoms with E-state index in [2.05, 4.69) is 0 Å². The highest BCUT2D eigenvalue weighted by atomic mass is 35.5. The topological polar surface area (TPSA) is 93.1 Å². The molecule has 2 rings (SSSR count). The van der Waals surface area contributed by atoms with E-state index < -0.39 is 18.5 Å². The van der Waals surface area contributed by atoms with Gasteiger partial charge in [-0.25, -0.2) is 4.79 Å². The van der Waals surface area contributed by atoms with Crippen LogP contribution in [0.3, 0.4) is 0 Å². The molecule has 8 heteroatoms. The van der Waals surface area contributed by atoms with Crippen molar-refractivity contribution in [1.82, 2.24) is 4.90 Å². The number of esters is 2. The van der Waals surface area contributed by atoms with Crippen LogP contribution in [-0.2, 0) is 19.1 Å². The van der Waals surface area contributed by atoms with Crippen LogP contribution in [0.15, 0.2) is 18.2 Å². The number of carbonyl (C=O) groups is 3. The number of ether oxygens (including phenoxy) is 2. The Kier molecular flexibility index (Phi) is 6.64. The summed E-state index contributed by atoms with van der Waals surface area (Å²) in [4.78, 5) is 37.4. The van der Waals surface area contributed by atoms with Gasteiger partial charge in [0.05, 0.1) is 12.5 Å². The van der Waals surface area contributed by atoms with Crippen molar-refractivity contribution in [3.63, 3.8) is 0 Å². The molecule has 1 aromatic rings. The molecule has 1 heterocycles. The molecule has 0 saturated carbocycles. The summed E-state index contributed by atoms with van der Waals surface area (Å²) < 4.78 is 9.95. The number of hydrogen-bond donors (Lipinski definition) is 1. The number of phenolic OH excluding ortho intramolecular Hbond substituents is 1. The molecule has 0 spiro atoms. The Morgan fingerprint density at radius 2 is 2.08 bits per heavy atom. The minimum absolute atomic E-state index is 0.0692. The first-order valence-electron chi connectivity index (χ1n) is 8.02. The molecule has 1 fully saturated rings. The third-order valence-corrected chi connectivity index (χ3v) is 4.14. The van der Waals surface area contributed by atoms with E-state index >= 15 is 0 Å². The quantitative estimate of drug-likeness (QED) is 0.798. The van der Waals surface area contributed by atoms with Crippen LogP contribution < -0.4 is 0 Å². The highest BCUT2D eigenvalue weighted by Crippen LogP contribution is 2.23. The van der Waals surface area contributed by atoms with E-state index in [1.807, 2.05) is 0 Å². The van der Waals surface area contributed by atoms with Gasteiger partial charge in [0.2, 0.25) is 0 Å².